The van der Waals surface area contributed by atoms with Crippen LogP contribution in [0.5, 0.6) is 0 Å². The number of amides is 2. The fourth-order valence-corrected chi connectivity index (χ4v) is 2.94. The lowest BCUT2D eigenvalue weighted by Gasteiger charge is -2.34. The first kappa shape index (κ1) is 17.7. The van der Waals surface area contributed by atoms with E-state index < -0.39 is 17.8 Å². The van der Waals surface area contributed by atoms with E-state index in [0.29, 0.717) is 18.7 Å². The van der Waals surface area contributed by atoms with Gasteiger partial charge in [0.25, 0.3) is 0 Å². The molecule has 2 N–H and O–H groups in total. The molecule has 0 unspecified atom stereocenters. The minimum Gasteiger partial charge on any atom is -0.353 e. The van der Waals surface area contributed by atoms with Gasteiger partial charge in [0.05, 0.1) is 18.0 Å². The molecule has 0 spiro atoms. The molecular weight excluding hydrogens is 335 g/mol. The molecule has 3 rings (SSSR count). The van der Waals surface area contributed by atoms with Crippen LogP contribution in [0.2, 0.25) is 0 Å². The summed E-state index contributed by atoms with van der Waals surface area (Å²) in [6, 6.07) is 4.61. The first-order valence-corrected chi connectivity index (χ1v) is 8.30. The first-order chi connectivity index (χ1) is 11.8. The van der Waals surface area contributed by atoms with Gasteiger partial charge in [-0.1, -0.05) is 18.2 Å². The summed E-state index contributed by atoms with van der Waals surface area (Å²) in [7, 11) is 0. The Morgan fingerprint density at radius 1 is 1.32 bits per heavy atom. The zero-order chi connectivity index (χ0) is 18.0. The Morgan fingerprint density at radius 2 is 2.08 bits per heavy atom. The highest BCUT2D eigenvalue weighted by Crippen LogP contribution is 2.30. The number of benzene rings is 1. The van der Waals surface area contributed by atoms with E-state index in [4.69, 9.17) is 0 Å². The van der Waals surface area contributed by atoms with Gasteiger partial charge in [-0.15, -0.1) is 0 Å². The molecule has 8 heteroatoms. The summed E-state index contributed by atoms with van der Waals surface area (Å²) in [5, 5.41) is 5.56. The van der Waals surface area contributed by atoms with Crippen molar-refractivity contribution in [2.24, 2.45) is 0 Å². The summed E-state index contributed by atoms with van der Waals surface area (Å²) in [5.41, 5.74) is -0.244. The molecule has 0 aromatic heterocycles. The number of hydrogen-bond acceptors (Lipinski definition) is 3. The number of nitrogens with zero attached hydrogens (tertiary/aromatic N) is 1. The lowest BCUT2D eigenvalue weighted by molar-refractivity contribution is -0.137. The van der Waals surface area contributed by atoms with E-state index in [0.717, 1.165) is 25.0 Å². The molecule has 5 nitrogen and oxygen atoms in total. The monoisotopic (exact) mass is 355 g/mol. The van der Waals surface area contributed by atoms with Crippen LogP contribution in [0.3, 0.4) is 0 Å². The van der Waals surface area contributed by atoms with E-state index in [9.17, 15) is 22.8 Å². The smallest absolute Gasteiger partial charge is 0.353 e. The maximum atomic E-state index is 12.9. The average molecular weight is 355 g/mol. The number of carbonyl (C=O) groups excluding carboxylic acids is 2. The second kappa shape index (κ2) is 7.03. The largest absolute Gasteiger partial charge is 0.416 e. The van der Waals surface area contributed by atoms with Gasteiger partial charge in [0.15, 0.2) is 0 Å². The van der Waals surface area contributed by atoms with Crippen LogP contribution in [0.1, 0.15) is 30.4 Å². The van der Waals surface area contributed by atoms with Crippen molar-refractivity contribution >= 4 is 11.8 Å². The summed E-state index contributed by atoms with van der Waals surface area (Å²) in [6.45, 7) is 1.10. The predicted octanol–water partition coefficient (Wildman–Crippen LogP) is 1.67. The molecule has 2 amide bonds. The maximum Gasteiger partial charge on any atom is 0.416 e. The van der Waals surface area contributed by atoms with Crippen molar-refractivity contribution in [3.63, 3.8) is 0 Å². The van der Waals surface area contributed by atoms with Crippen molar-refractivity contribution in [1.29, 1.82) is 0 Å². The molecule has 2 fully saturated rings. The predicted molar refractivity (Wildman–Crippen MR) is 84.4 cm³/mol. The molecule has 25 heavy (non-hydrogen) atoms. The van der Waals surface area contributed by atoms with Gasteiger partial charge in [-0.05, 0) is 24.5 Å². The standard InChI is InChI=1S/C17H20F3N3O2/c18-17(19,20)12-3-1-2-11(8-12)10-23-7-6-21-16(25)14(23)9-15(24)22-13-4-5-13/h1-3,8,13-14H,4-7,9-10H2,(H,21,25)(H,22,24)/t14-/m0/s1. The minimum atomic E-state index is -4.40. The Morgan fingerprint density at radius 3 is 2.76 bits per heavy atom. The second-order valence-electron chi connectivity index (χ2n) is 6.52. The van der Waals surface area contributed by atoms with E-state index in [1.165, 1.54) is 6.07 Å². The van der Waals surface area contributed by atoms with Crippen LogP contribution < -0.4 is 10.6 Å². The molecule has 0 bridgehead atoms. The molecular formula is C17H20F3N3O2. The highest BCUT2D eigenvalue weighted by molar-refractivity contribution is 5.89. The van der Waals surface area contributed by atoms with Crippen LogP contribution in [0.15, 0.2) is 24.3 Å². The Kier molecular flexibility index (Phi) is 4.99. The van der Waals surface area contributed by atoms with Gasteiger partial charge >= 0.3 is 6.18 Å². The Bertz CT molecular complexity index is 659. The van der Waals surface area contributed by atoms with Crippen molar-refractivity contribution in [2.75, 3.05) is 13.1 Å². The summed E-state index contributed by atoms with van der Waals surface area (Å²) in [6.07, 6.45) is -2.48. The lowest BCUT2D eigenvalue weighted by Crippen LogP contribution is -2.56. The van der Waals surface area contributed by atoms with Crippen molar-refractivity contribution in [3.05, 3.63) is 35.4 Å². The molecule has 1 atom stereocenters. The van der Waals surface area contributed by atoms with Crippen LogP contribution in [0, 0.1) is 0 Å². The number of piperazine rings is 1. The lowest BCUT2D eigenvalue weighted by atomic mass is 10.1. The molecule has 136 valence electrons. The molecule has 1 saturated heterocycles. The average Bonchev–Trinajstić information content (AvgIpc) is 3.34. The quantitative estimate of drug-likeness (QED) is 0.845. The fourth-order valence-electron chi connectivity index (χ4n) is 2.94. The van der Waals surface area contributed by atoms with Crippen molar-refractivity contribution in [3.8, 4) is 0 Å². The van der Waals surface area contributed by atoms with Crippen molar-refractivity contribution < 1.29 is 22.8 Å². The van der Waals surface area contributed by atoms with Gasteiger partial charge in [0.2, 0.25) is 11.8 Å². The summed E-state index contributed by atoms with van der Waals surface area (Å²) >= 11 is 0. The van der Waals surface area contributed by atoms with Gasteiger partial charge < -0.3 is 10.6 Å². The Labute approximate surface area is 143 Å². The third kappa shape index (κ3) is 4.72. The second-order valence-corrected chi connectivity index (χ2v) is 6.52. The van der Waals surface area contributed by atoms with E-state index in [-0.39, 0.29) is 30.8 Å². The SMILES string of the molecule is O=C(C[C@H]1C(=O)NCCN1Cc1cccc(C(F)(F)F)c1)NC1CC1. The normalized spacial score (nSPS) is 21.7. The number of alkyl halides is 3. The van der Waals surface area contributed by atoms with Crippen LogP contribution in [0.4, 0.5) is 13.2 Å². The number of rotatable bonds is 5. The van der Waals surface area contributed by atoms with E-state index in [1.807, 2.05) is 0 Å². The number of carbonyl (C=O) groups is 2. The van der Waals surface area contributed by atoms with Gasteiger partial charge in [0, 0.05) is 25.7 Å². The first-order valence-electron chi connectivity index (χ1n) is 8.30. The highest BCUT2D eigenvalue weighted by Gasteiger charge is 2.34. The number of nitrogens with one attached hydrogen (secondary N) is 2. The Balaban J connectivity index is 1.69. The van der Waals surface area contributed by atoms with Crippen LogP contribution >= 0.6 is 0 Å². The zero-order valence-corrected chi connectivity index (χ0v) is 13.6. The highest BCUT2D eigenvalue weighted by atomic mass is 19.4. The number of hydrogen-bond donors (Lipinski definition) is 2. The third-order valence-electron chi connectivity index (χ3n) is 4.40. The molecule has 2 aliphatic rings. The molecule has 1 saturated carbocycles. The van der Waals surface area contributed by atoms with E-state index in [2.05, 4.69) is 10.6 Å². The van der Waals surface area contributed by atoms with E-state index >= 15 is 0 Å². The van der Waals surface area contributed by atoms with Crippen molar-refractivity contribution in [1.82, 2.24) is 15.5 Å². The van der Waals surface area contributed by atoms with Gasteiger partial charge in [0.1, 0.15) is 0 Å². The molecule has 1 aromatic carbocycles. The van der Waals surface area contributed by atoms with Gasteiger partial charge in [-0.2, -0.15) is 13.2 Å². The number of halogens is 3. The van der Waals surface area contributed by atoms with Gasteiger partial charge in [-0.3, -0.25) is 14.5 Å². The zero-order valence-electron chi connectivity index (χ0n) is 13.6. The van der Waals surface area contributed by atoms with Crippen LogP contribution in [-0.4, -0.2) is 41.9 Å². The van der Waals surface area contributed by atoms with Crippen LogP contribution in [-0.2, 0) is 22.3 Å². The summed E-state index contributed by atoms with van der Waals surface area (Å²) < 4.78 is 38.6. The van der Waals surface area contributed by atoms with Crippen molar-refractivity contribution in [2.45, 2.75) is 44.1 Å². The summed E-state index contributed by atoms with van der Waals surface area (Å²) in [5.74, 6) is -0.456. The molecule has 1 heterocycles. The molecule has 0 radical (unpaired) electrons. The van der Waals surface area contributed by atoms with E-state index in [1.54, 1.807) is 11.0 Å². The third-order valence-corrected chi connectivity index (χ3v) is 4.40. The molecule has 1 aromatic rings. The fraction of sp³-hybridized carbons (Fsp3) is 0.529. The van der Waals surface area contributed by atoms with Gasteiger partial charge in [-0.25, -0.2) is 0 Å². The maximum absolute atomic E-state index is 12.9. The molecule has 1 aliphatic carbocycles. The minimum absolute atomic E-state index is 0.0152. The Hall–Kier alpha value is -2.09. The van der Waals surface area contributed by atoms with Crippen LogP contribution in [0.25, 0.3) is 0 Å². The summed E-state index contributed by atoms with van der Waals surface area (Å²) in [4.78, 5) is 25.9. The molecule has 1 aliphatic heterocycles. The topological polar surface area (TPSA) is 61.4 Å².